The number of benzene rings is 3. The van der Waals surface area contributed by atoms with Crippen LogP contribution in [0, 0.1) is 0 Å². The molecular formula is C19H12Br2NaO5S. The van der Waals surface area contributed by atoms with Gasteiger partial charge in [-0.15, -0.1) is 0 Å². The summed E-state index contributed by atoms with van der Waals surface area (Å²) in [4.78, 5) is 0.0818. The van der Waals surface area contributed by atoms with E-state index in [4.69, 9.17) is 4.18 Å². The SMILES string of the molecule is O=S1(=O)OC(c2ccc(O)c(Br)c2)(c2ccc(O)c(Br)c2)c2ccccc21.[Na]. The maximum atomic E-state index is 12.8. The van der Waals surface area contributed by atoms with Crippen LogP contribution in [0.1, 0.15) is 16.7 Å². The third-order valence-electron chi connectivity index (χ3n) is 4.48. The predicted octanol–water partition coefficient (Wildman–Crippen LogP) is 4.25. The fourth-order valence-electron chi connectivity index (χ4n) is 3.26. The molecule has 4 rings (SSSR count). The summed E-state index contributed by atoms with van der Waals surface area (Å²) in [5.74, 6) is 0.0462. The Morgan fingerprint density at radius 1 is 0.821 bits per heavy atom. The van der Waals surface area contributed by atoms with Gasteiger partial charge < -0.3 is 10.2 Å². The summed E-state index contributed by atoms with van der Waals surface area (Å²) >= 11 is 6.56. The van der Waals surface area contributed by atoms with Crippen LogP contribution in [0.3, 0.4) is 0 Å². The molecule has 28 heavy (non-hydrogen) atoms. The van der Waals surface area contributed by atoms with Crippen molar-refractivity contribution in [2.45, 2.75) is 10.5 Å². The molecule has 9 heteroatoms. The van der Waals surface area contributed by atoms with Crippen molar-refractivity contribution in [1.82, 2.24) is 0 Å². The van der Waals surface area contributed by atoms with Gasteiger partial charge in [-0.05, 0) is 73.3 Å². The quantitative estimate of drug-likeness (QED) is 0.379. The summed E-state index contributed by atoms with van der Waals surface area (Å²) in [7, 11) is -4.01. The molecule has 1 aliphatic rings. The molecular weight excluding hydrogens is 523 g/mol. The molecule has 0 unspecified atom stereocenters. The molecule has 1 radical (unpaired) electrons. The van der Waals surface area contributed by atoms with Crippen molar-refractivity contribution in [2.75, 3.05) is 0 Å². The monoisotopic (exact) mass is 533 g/mol. The molecule has 0 aliphatic carbocycles. The van der Waals surface area contributed by atoms with Crippen LogP contribution in [0.5, 0.6) is 11.5 Å². The first-order valence-electron chi connectivity index (χ1n) is 7.79. The minimum atomic E-state index is -4.01. The van der Waals surface area contributed by atoms with Crippen LogP contribution in [-0.4, -0.2) is 48.2 Å². The number of halogens is 2. The molecule has 1 aliphatic heterocycles. The van der Waals surface area contributed by atoms with E-state index in [0.717, 1.165) is 0 Å². The van der Waals surface area contributed by atoms with E-state index in [1.54, 1.807) is 42.5 Å². The maximum Gasteiger partial charge on any atom is 0.298 e. The van der Waals surface area contributed by atoms with Gasteiger partial charge in [0, 0.05) is 35.1 Å². The Hall–Kier alpha value is -0.870. The van der Waals surface area contributed by atoms with Crippen LogP contribution in [-0.2, 0) is 19.9 Å². The zero-order valence-electron chi connectivity index (χ0n) is 14.6. The van der Waals surface area contributed by atoms with Crippen LogP contribution < -0.4 is 0 Å². The van der Waals surface area contributed by atoms with Gasteiger partial charge in [0.15, 0.2) is 5.60 Å². The standard InChI is InChI=1S/C19H12Br2O5S.Na/c20-14-9-11(5-7-16(14)22)19(12-6-8-17(23)15(21)10-12)13-3-1-2-4-18(13)27(24,25)26-19;/h1-10,22-23H;. The summed E-state index contributed by atoms with van der Waals surface area (Å²) in [5.41, 5.74) is 0.0266. The molecule has 0 saturated heterocycles. The van der Waals surface area contributed by atoms with Crippen LogP contribution in [0.25, 0.3) is 0 Å². The van der Waals surface area contributed by atoms with Crippen molar-refractivity contribution in [2.24, 2.45) is 0 Å². The fourth-order valence-corrected chi connectivity index (χ4v) is 5.44. The van der Waals surface area contributed by atoms with E-state index in [0.29, 0.717) is 25.6 Å². The molecule has 139 valence electrons. The Balaban J connectivity index is 0.00000225. The van der Waals surface area contributed by atoms with E-state index in [-0.39, 0.29) is 46.0 Å². The topological polar surface area (TPSA) is 83.8 Å². The molecule has 0 fully saturated rings. The summed E-state index contributed by atoms with van der Waals surface area (Å²) in [6, 6.07) is 16.0. The first-order chi connectivity index (χ1) is 12.8. The van der Waals surface area contributed by atoms with Crippen LogP contribution in [0.2, 0.25) is 0 Å². The molecule has 5 nitrogen and oxygen atoms in total. The second-order valence-electron chi connectivity index (χ2n) is 6.05. The van der Waals surface area contributed by atoms with Gasteiger partial charge in [-0.2, -0.15) is 8.42 Å². The molecule has 2 N–H and O–H groups in total. The van der Waals surface area contributed by atoms with Crippen molar-refractivity contribution in [1.29, 1.82) is 0 Å². The number of rotatable bonds is 2. The zero-order valence-corrected chi connectivity index (χ0v) is 20.5. The van der Waals surface area contributed by atoms with Gasteiger partial charge >= 0.3 is 0 Å². The molecule has 0 spiro atoms. The molecule has 0 amide bonds. The van der Waals surface area contributed by atoms with E-state index in [2.05, 4.69) is 31.9 Å². The summed E-state index contributed by atoms with van der Waals surface area (Å²) in [5, 5.41) is 19.7. The number of aromatic hydroxyl groups is 2. The average Bonchev–Trinajstić information content (AvgIpc) is 2.89. The van der Waals surface area contributed by atoms with Crippen LogP contribution in [0.15, 0.2) is 74.5 Å². The number of hydrogen-bond donors (Lipinski definition) is 2. The van der Waals surface area contributed by atoms with E-state index >= 15 is 0 Å². The maximum absolute atomic E-state index is 12.8. The van der Waals surface area contributed by atoms with Gasteiger partial charge in [-0.3, -0.25) is 0 Å². The average molecular weight is 535 g/mol. The summed E-state index contributed by atoms with van der Waals surface area (Å²) in [6.07, 6.45) is 0. The summed E-state index contributed by atoms with van der Waals surface area (Å²) in [6.45, 7) is 0. The zero-order chi connectivity index (χ0) is 19.4. The molecule has 3 aromatic carbocycles. The van der Waals surface area contributed by atoms with E-state index in [1.165, 1.54) is 18.2 Å². The minimum absolute atomic E-state index is 0. The first-order valence-corrected chi connectivity index (χ1v) is 10.8. The number of hydrogen-bond acceptors (Lipinski definition) is 5. The Bertz CT molecular complexity index is 1130. The van der Waals surface area contributed by atoms with Crippen molar-refractivity contribution >= 4 is 71.5 Å². The third-order valence-corrected chi connectivity index (χ3v) is 7.11. The minimum Gasteiger partial charge on any atom is -0.507 e. The normalized spacial score (nSPS) is 16.2. The van der Waals surface area contributed by atoms with Gasteiger partial charge in [-0.1, -0.05) is 30.3 Å². The Labute approximate surface area is 201 Å². The molecule has 0 saturated carbocycles. The van der Waals surface area contributed by atoms with E-state index in [1.807, 2.05) is 0 Å². The van der Waals surface area contributed by atoms with E-state index < -0.39 is 15.7 Å². The molecule has 0 atom stereocenters. The van der Waals surface area contributed by atoms with Gasteiger partial charge in [0.25, 0.3) is 10.1 Å². The Morgan fingerprint density at radius 3 is 1.82 bits per heavy atom. The molecule has 1 heterocycles. The molecule has 0 aromatic heterocycles. The summed E-state index contributed by atoms with van der Waals surface area (Å²) < 4.78 is 32.1. The first kappa shape index (κ1) is 21.8. The van der Waals surface area contributed by atoms with Crippen molar-refractivity contribution in [3.05, 3.63) is 86.3 Å². The Kier molecular flexibility index (Phi) is 6.05. The van der Waals surface area contributed by atoms with Gasteiger partial charge in [-0.25, -0.2) is 4.18 Å². The second-order valence-corrected chi connectivity index (χ2v) is 9.27. The van der Waals surface area contributed by atoms with Crippen molar-refractivity contribution < 1.29 is 22.8 Å². The smallest absolute Gasteiger partial charge is 0.298 e. The predicted molar refractivity (Wildman–Crippen MR) is 112 cm³/mol. The Morgan fingerprint density at radius 2 is 1.32 bits per heavy atom. The largest absolute Gasteiger partial charge is 0.507 e. The van der Waals surface area contributed by atoms with Crippen molar-refractivity contribution in [3.63, 3.8) is 0 Å². The molecule has 3 aromatic rings. The van der Waals surface area contributed by atoms with Gasteiger partial charge in [0.1, 0.15) is 16.4 Å². The number of phenols is 2. The van der Waals surface area contributed by atoms with Crippen LogP contribution >= 0.6 is 31.9 Å². The number of phenolic OH excluding ortho intramolecular Hbond substituents is 2. The second kappa shape index (κ2) is 7.75. The van der Waals surface area contributed by atoms with Crippen molar-refractivity contribution in [3.8, 4) is 11.5 Å². The van der Waals surface area contributed by atoms with Gasteiger partial charge in [0.05, 0.1) is 8.95 Å². The fraction of sp³-hybridized carbons (Fsp3) is 0.0526. The number of fused-ring (bicyclic) bond motifs is 1. The van der Waals surface area contributed by atoms with Crippen LogP contribution in [0.4, 0.5) is 0 Å². The third kappa shape index (κ3) is 3.35. The molecule has 0 bridgehead atoms. The van der Waals surface area contributed by atoms with Gasteiger partial charge in [0.2, 0.25) is 0 Å². The van der Waals surface area contributed by atoms with E-state index in [9.17, 15) is 18.6 Å².